The molecular weight excluding hydrogens is 228 g/mol. The topological polar surface area (TPSA) is 70.1 Å². The van der Waals surface area contributed by atoms with Gasteiger partial charge in [-0.1, -0.05) is 20.3 Å². The maximum Gasteiger partial charge on any atom is 0.131 e. The van der Waals surface area contributed by atoms with Crippen LogP contribution in [0.4, 0.5) is 11.6 Å². The molecule has 1 unspecified atom stereocenters. The monoisotopic (exact) mass is 252 g/mol. The van der Waals surface area contributed by atoms with Crippen molar-refractivity contribution in [2.45, 2.75) is 45.6 Å². The van der Waals surface area contributed by atoms with Gasteiger partial charge in [-0.15, -0.1) is 0 Å². The molecule has 0 saturated carbocycles. The molecule has 0 saturated heterocycles. The average Bonchev–Trinajstić information content (AvgIpc) is 2.35. The lowest BCUT2D eigenvalue weighted by atomic mass is 10.0. The molecule has 5 heteroatoms. The molecule has 1 aromatic rings. The van der Waals surface area contributed by atoms with Crippen molar-refractivity contribution in [3.8, 4) is 0 Å². The summed E-state index contributed by atoms with van der Waals surface area (Å²) in [5, 5.41) is 16.4. The van der Waals surface area contributed by atoms with E-state index in [4.69, 9.17) is 0 Å². The molecule has 0 aromatic carbocycles. The number of rotatable bonds is 8. The predicted molar refractivity (Wildman–Crippen MR) is 74.8 cm³/mol. The lowest BCUT2D eigenvalue weighted by Crippen LogP contribution is -2.33. The molecule has 0 aliphatic rings. The molecule has 0 radical (unpaired) electrons. The second-order valence-electron chi connectivity index (χ2n) is 4.82. The minimum Gasteiger partial charge on any atom is -0.388 e. The molecule has 1 heterocycles. The Balaban J connectivity index is 2.51. The van der Waals surface area contributed by atoms with Gasteiger partial charge in [0.25, 0.3) is 0 Å². The Labute approximate surface area is 109 Å². The van der Waals surface area contributed by atoms with Gasteiger partial charge >= 0.3 is 0 Å². The zero-order valence-corrected chi connectivity index (χ0v) is 11.5. The third-order valence-electron chi connectivity index (χ3n) is 2.66. The highest BCUT2D eigenvalue weighted by molar-refractivity contribution is 5.46. The number of aliphatic hydroxyl groups is 1. The van der Waals surface area contributed by atoms with E-state index in [1.807, 2.05) is 13.0 Å². The molecule has 1 aromatic heterocycles. The van der Waals surface area contributed by atoms with Crippen molar-refractivity contribution < 1.29 is 5.11 Å². The summed E-state index contributed by atoms with van der Waals surface area (Å²) in [5.74, 6) is 1.55. The molecule has 3 N–H and O–H groups in total. The Morgan fingerprint density at radius 3 is 2.44 bits per heavy atom. The first-order chi connectivity index (χ1) is 8.57. The van der Waals surface area contributed by atoms with Crippen LogP contribution in [0.15, 0.2) is 12.4 Å². The Hall–Kier alpha value is -1.36. The molecule has 102 valence electrons. The van der Waals surface area contributed by atoms with Gasteiger partial charge in [-0.3, -0.25) is 0 Å². The Morgan fingerprint density at radius 2 is 1.83 bits per heavy atom. The van der Waals surface area contributed by atoms with Crippen molar-refractivity contribution >= 4 is 11.6 Å². The van der Waals surface area contributed by atoms with Crippen molar-refractivity contribution in [1.29, 1.82) is 0 Å². The fraction of sp³-hybridized carbons (Fsp3) is 0.692. The number of nitrogens with one attached hydrogen (secondary N) is 2. The minimum atomic E-state index is -0.698. The molecule has 5 nitrogen and oxygen atoms in total. The van der Waals surface area contributed by atoms with E-state index in [1.54, 1.807) is 0 Å². The first-order valence-electron chi connectivity index (χ1n) is 6.59. The third-order valence-corrected chi connectivity index (χ3v) is 2.66. The van der Waals surface area contributed by atoms with Crippen LogP contribution in [0, 0.1) is 0 Å². The van der Waals surface area contributed by atoms with Crippen molar-refractivity contribution in [2.24, 2.45) is 0 Å². The van der Waals surface area contributed by atoms with Gasteiger partial charge in [0.2, 0.25) is 0 Å². The quantitative estimate of drug-likeness (QED) is 0.662. The molecule has 1 atom stereocenters. The molecule has 0 bridgehead atoms. The van der Waals surface area contributed by atoms with E-state index < -0.39 is 5.60 Å². The third kappa shape index (κ3) is 5.31. The van der Waals surface area contributed by atoms with Gasteiger partial charge in [0.15, 0.2) is 0 Å². The van der Waals surface area contributed by atoms with Crippen LogP contribution in [0.2, 0.25) is 0 Å². The van der Waals surface area contributed by atoms with Crippen LogP contribution in [-0.4, -0.2) is 33.8 Å². The van der Waals surface area contributed by atoms with Crippen LogP contribution in [0.5, 0.6) is 0 Å². The first-order valence-corrected chi connectivity index (χ1v) is 6.59. The fourth-order valence-corrected chi connectivity index (χ4v) is 1.71. The molecule has 0 spiro atoms. The van der Waals surface area contributed by atoms with E-state index in [0.29, 0.717) is 6.54 Å². The van der Waals surface area contributed by atoms with E-state index in [9.17, 15) is 5.11 Å². The van der Waals surface area contributed by atoms with Crippen LogP contribution < -0.4 is 10.6 Å². The summed E-state index contributed by atoms with van der Waals surface area (Å²) < 4.78 is 0. The highest BCUT2D eigenvalue weighted by Crippen LogP contribution is 2.14. The Kier molecular flexibility index (Phi) is 5.85. The number of anilines is 2. The molecule has 1 rings (SSSR count). The number of aromatic nitrogens is 2. The van der Waals surface area contributed by atoms with E-state index in [-0.39, 0.29) is 0 Å². The van der Waals surface area contributed by atoms with Crippen LogP contribution in [0.1, 0.15) is 40.0 Å². The minimum absolute atomic E-state index is 0.491. The SMILES string of the molecule is CCCNc1cc(NCC(C)(O)CCC)ncn1. The zero-order valence-electron chi connectivity index (χ0n) is 11.5. The smallest absolute Gasteiger partial charge is 0.131 e. The van der Waals surface area contributed by atoms with E-state index in [0.717, 1.165) is 37.4 Å². The standard InChI is InChI=1S/C13H24N4O/c1-4-6-13(3,18)9-15-12-8-11(14-7-5-2)16-10-17-12/h8,10,18H,4-7,9H2,1-3H3,(H2,14,15,16,17). The Morgan fingerprint density at radius 1 is 1.17 bits per heavy atom. The predicted octanol–water partition coefficient (Wildman–Crippen LogP) is 2.26. The number of nitrogens with zero attached hydrogens (tertiary/aromatic N) is 2. The fourth-order valence-electron chi connectivity index (χ4n) is 1.71. The molecule has 0 amide bonds. The number of hydrogen-bond acceptors (Lipinski definition) is 5. The van der Waals surface area contributed by atoms with Crippen molar-refractivity contribution in [1.82, 2.24) is 9.97 Å². The summed E-state index contributed by atoms with van der Waals surface area (Å²) in [6.45, 7) is 7.39. The summed E-state index contributed by atoms with van der Waals surface area (Å²) in [6, 6.07) is 1.86. The summed E-state index contributed by atoms with van der Waals surface area (Å²) >= 11 is 0. The molecular formula is C13H24N4O. The van der Waals surface area contributed by atoms with Gasteiger partial charge in [0, 0.05) is 19.2 Å². The summed E-state index contributed by atoms with van der Waals surface area (Å²) in [5.41, 5.74) is -0.698. The molecule has 0 aliphatic carbocycles. The molecule has 0 fully saturated rings. The van der Waals surface area contributed by atoms with Crippen LogP contribution in [0.3, 0.4) is 0 Å². The lowest BCUT2D eigenvalue weighted by molar-refractivity contribution is 0.0636. The van der Waals surface area contributed by atoms with Crippen LogP contribution in [0.25, 0.3) is 0 Å². The van der Waals surface area contributed by atoms with Crippen molar-refractivity contribution in [2.75, 3.05) is 23.7 Å². The van der Waals surface area contributed by atoms with Gasteiger partial charge in [0.05, 0.1) is 5.60 Å². The molecule has 18 heavy (non-hydrogen) atoms. The second-order valence-corrected chi connectivity index (χ2v) is 4.82. The van der Waals surface area contributed by atoms with Crippen LogP contribution >= 0.6 is 0 Å². The van der Waals surface area contributed by atoms with Crippen molar-refractivity contribution in [3.05, 3.63) is 12.4 Å². The largest absolute Gasteiger partial charge is 0.388 e. The second kappa shape index (κ2) is 7.16. The van der Waals surface area contributed by atoms with Gasteiger partial charge in [0.1, 0.15) is 18.0 Å². The van der Waals surface area contributed by atoms with Crippen molar-refractivity contribution in [3.63, 3.8) is 0 Å². The lowest BCUT2D eigenvalue weighted by Gasteiger charge is -2.23. The maximum absolute atomic E-state index is 10.1. The normalized spacial score (nSPS) is 14.0. The molecule has 0 aliphatic heterocycles. The van der Waals surface area contributed by atoms with Gasteiger partial charge < -0.3 is 15.7 Å². The van der Waals surface area contributed by atoms with Crippen LogP contribution in [-0.2, 0) is 0 Å². The Bertz CT molecular complexity index is 355. The van der Waals surface area contributed by atoms with E-state index >= 15 is 0 Å². The maximum atomic E-state index is 10.1. The summed E-state index contributed by atoms with van der Waals surface area (Å²) in [6.07, 6.45) is 4.31. The van der Waals surface area contributed by atoms with E-state index in [2.05, 4.69) is 34.4 Å². The van der Waals surface area contributed by atoms with E-state index in [1.165, 1.54) is 6.33 Å². The highest BCUT2D eigenvalue weighted by Gasteiger charge is 2.18. The van der Waals surface area contributed by atoms with Gasteiger partial charge in [-0.2, -0.15) is 0 Å². The average molecular weight is 252 g/mol. The first kappa shape index (κ1) is 14.7. The summed E-state index contributed by atoms with van der Waals surface area (Å²) in [4.78, 5) is 8.27. The number of hydrogen-bond donors (Lipinski definition) is 3. The summed E-state index contributed by atoms with van der Waals surface area (Å²) in [7, 11) is 0. The highest BCUT2D eigenvalue weighted by atomic mass is 16.3. The van der Waals surface area contributed by atoms with Gasteiger partial charge in [-0.25, -0.2) is 9.97 Å². The zero-order chi connectivity index (χ0) is 13.4. The van der Waals surface area contributed by atoms with Gasteiger partial charge in [-0.05, 0) is 19.8 Å².